The van der Waals surface area contributed by atoms with Gasteiger partial charge in [0.25, 0.3) is 0 Å². The van der Waals surface area contributed by atoms with Crippen LogP contribution in [0.25, 0.3) is 6.08 Å². The van der Waals surface area contributed by atoms with Crippen LogP contribution < -0.4 is 4.74 Å². The van der Waals surface area contributed by atoms with Gasteiger partial charge in [-0.3, -0.25) is 0 Å². The molecule has 110 valence electrons. The molecule has 0 saturated heterocycles. The summed E-state index contributed by atoms with van der Waals surface area (Å²) in [6.07, 6.45) is 1.84. The van der Waals surface area contributed by atoms with Crippen molar-refractivity contribution in [1.29, 1.82) is 0 Å². The van der Waals surface area contributed by atoms with Crippen LogP contribution in [-0.2, 0) is 9.53 Å². The molecule has 0 aliphatic heterocycles. The average molecular weight is 277 g/mol. The minimum atomic E-state index is -0.293. The summed E-state index contributed by atoms with van der Waals surface area (Å²) in [5, 5.41) is 0. The molecule has 4 heteroatoms. The molecule has 0 radical (unpaired) electrons. The first-order chi connectivity index (χ1) is 9.65. The number of hydrogen-bond donors (Lipinski definition) is 0. The van der Waals surface area contributed by atoms with Gasteiger partial charge >= 0.3 is 5.97 Å². The second kappa shape index (κ2) is 8.25. The van der Waals surface area contributed by atoms with Crippen LogP contribution in [0.5, 0.6) is 5.75 Å². The molecule has 0 saturated carbocycles. The zero-order valence-electron chi connectivity index (χ0n) is 12.7. The fraction of sp³-hybridized carbons (Fsp3) is 0.438. The molecule has 1 aromatic carbocycles. The van der Waals surface area contributed by atoms with Gasteiger partial charge in [-0.15, -0.1) is 0 Å². The van der Waals surface area contributed by atoms with Crippen LogP contribution in [0, 0.1) is 0 Å². The first-order valence-electron chi connectivity index (χ1n) is 6.94. The molecular formula is C16H23NO3. The number of ether oxygens (including phenoxy) is 2. The van der Waals surface area contributed by atoms with E-state index in [1.54, 1.807) is 7.11 Å². The van der Waals surface area contributed by atoms with E-state index in [0.29, 0.717) is 12.3 Å². The van der Waals surface area contributed by atoms with Gasteiger partial charge in [0, 0.05) is 13.1 Å². The third-order valence-corrected chi connectivity index (χ3v) is 2.99. The number of methoxy groups -OCH3 is 1. The van der Waals surface area contributed by atoms with Gasteiger partial charge < -0.3 is 14.4 Å². The summed E-state index contributed by atoms with van der Waals surface area (Å²) in [5.41, 5.74) is 1.49. The Balaban J connectivity index is 3.13. The Kier molecular flexibility index (Phi) is 6.64. The quantitative estimate of drug-likeness (QED) is 0.567. The van der Waals surface area contributed by atoms with Crippen molar-refractivity contribution in [2.75, 3.05) is 26.8 Å². The summed E-state index contributed by atoms with van der Waals surface area (Å²) >= 11 is 0. The third kappa shape index (κ3) is 4.30. The zero-order chi connectivity index (χ0) is 15.0. The minimum absolute atomic E-state index is 0.293. The highest BCUT2D eigenvalue weighted by Crippen LogP contribution is 2.17. The van der Waals surface area contributed by atoms with Crippen LogP contribution in [0.1, 0.15) is 26.3 Å². The smallest absolute Gasteiger partial charge is 0.354 e. The molecule has 0 aliphatic carbocycles. The van der Waals surface area contributed by atoms with E-state index >= 15 is 0 Å². The lowest BCUT2D eigenvalue weighted by molar-refractivity contribution is -0.140. The number of carbonyl (C=O) groups is 1. The van der Waals surface area contributed by atoms with Crippen LogP contribution in [-0.4, -0.2) is 37.7 Å². The van der Waals surface area contributed by atoms with Gasteiger partial charge in [-0.2, -0.15) is 0 Å². The Morgan fingerprint density at radius 1 is 1.25 bits per heavy atom. The molecule has 0 unspecified atom stereocenters. The van der Waals surface area contributed by atoms with Crippen molar-refractivity contribution in [3.63, 3.8) is 0 Å². The Hall–Kier alpha value is -1.97. The molecule has 0 aromatic heterocycles. The number of benzene rings is 1. The fourth-order valence-electron chi connectivity index (χ4n) is 1.94. The number of hydrogen-bond acceptors (Lipinski definition) is 4. The second-order valence-electron chi connectivity index (χ2n) is 4.20. The SMILES string of the molecule is CCOC(=O)/C(=C/c1cccc(OC)c1)N(CC)CC. The molecule has 0 fully saturated rings. The summed E-state index contributed by atoms with van der Waals surface area (Å²) in [4.78, 5) is 14.1. The van der Waals surface area contributed by atoms with Gasteiger partial charge in [0.05, 0.1) is 13.7 Å². The number of nitrogens with zero attached hydrogens (tertiary/aromatic N) is 1. The van der Waals surface area contributed by atoms with Gasteiger partial charge in [0.2, 0.25) is 0 Å². The highest BCUT2D eigenvalue weighted by molar-refractivity contribution is 5.93. The largest absolute Gasteiger partial charge is 0.497 e. The van der Waals surface area contributed by atoms with Crippen LogP contribution in [0.2, 0.25) is 0 Å². The van der Waals surface area contributed by atoms with Crippen molar-refractivity contribution in [1.82, 2.24) is 4.90 Å². The molecule has 0 heterocycles. The van der Waals surface area contributed by atoms with E-state index in [-0.39, 0.29) is 5.97 Å². The third-order valence-electron chi connectivity index (χ3n) is 2.99. The van der Waals surface area contributed by atoms with Crippen LogP contribution >= 0.6 is 0 Å². The molecule has 0 aliphatic rings. The zero-order valence-corrected chi connectivity index (χ0v) is 12.7. The lowest BCUT2D eigenvalue weighted by Crippen LogP contribution is -2.28. The summed E-state index contributed by atoms with van der Waals surface area (Å²) in [5.74, 6) is 0.473. The first-order valence-corrected chi connectivity index (χ1v) is 6.94. The fourth-order valence-corrected chi connectivity index (χ4v) is 1.94. The van der Waals surface area contributed by atoms with E-state index in [4.69, 9.17) is 9.47 Å². The van der Waals surface area contributed by atoms with E-state index in [9.17, 15) is 4.79 Å². The first kappa shape index (κ1) is 16.1. The van der Waals surface area contributed by atoms with Crippen molar-refractivity contribution < 1.29 is 14.3 Å². The van der Waals surface area contributed by atoms with Crippen LogP contribution in [0.4, 0.5) is 0 Å². The molecule has 0 bridgehead atoms. The van der Waals surface area contributed by atoms with Crippen LogP contribution in [0.15, 0.2) is 30.0 Å². The molecule has 4 nitrogen and oxygen atoms in total. The van der Waals surface area contributed by atoms with Gasteiger partial charge in [0.1, 0.15) is 11.4 Å². The molecule has 1 rings (SSSR count). The summed E-state index contributed by atoms with van der Waals surface area (Å²) in [7, 11) is 1.62. The number of rotatable bonds is 7. The molecule has 0 N–H and O–H groups in total. The molecule has 0 spiro atoms. The molecular weight excluding hydrogens is 254 g/mol. The maximum absolute atomic E-state index is 12.1. The maximum Gasteiger partial charge on any atom is 0.354 e. The normalized spacial score (nSPS) is 11.1. The number of carbonyl (C=O) groups excluding carboxylic acids is 1. The summed E-state index contributed by atoms with van der Waals surface area (Å²) < 4.78 is 10.3. The van der Waals surface area contributed by atoms with E-state index in [2.05, 4.69) is 0 Å². The lowest BCUT2D eigenvalue weighted by atomic mass is 10.1. The van der Waals surface area contributed by atoms with Crippen molar-refractivity contribution in [2.24, 2.45) is 0 Å². The molecule has 0 amide bonds. The second-order valence-corrected chi connectivity index (χ2v) is 4.20. The average Bonchev–Trinajstić information content (AvgIpc) is 2.48. The summed E-state index contributed by atoms with van der Waals surface area (Å²) in [6, 6.07) is 7.60. The van der Waals surface area contributed by atoms with Gasteiger partial charge in [-0.05, 0) is 44.5 Å². The van der Waals surface area contributed by atoms with E-state index in [1.165, 1.54) is 0 Å². The lowest BCUT2D eigenvalue weighted by Gasteiger charge is -2.23. The Morgan fingerprint density at radius 3 is 2.50 bits per heavy atom. The Labute approximate surface area is 121 Å². The standard InChI is InChI=1S/C16H23NO3/c1-5-17(6-2)15(16(18)20-7-3)12-13-9-8-10-14(11-13)19-4/h8-12H,5-7H2,1-4H3/b15-12-. The highest BCUT2D eigenvalue weighted by atomic mass is 16.5. The Morgan fingerprint density at radius 2 is 1.95 bits per heavy atom. The minimum Gasteiger partial charge on any atom is -0.497 e. The predicted octanol–water partition coefficient (Wildman–Crippen LogP) is 2.94. The molecule has 20 heavy (non-hydrogen) atoms. The Bertz CT molecular complexity index is 465. The molecule has 0 atom stereocenters. The van der Waals surface area contributed by atoms with Crippen LogP contribution in [0.3, 0.4) is 0 Å². The number of esters is 1. The van der Waals surface area contributed by atoms with E-state index in [0.717, 1.165) is 24.4 Å². The van der Waals surface area contributed by atoms with Crippen molar-refractivity contribution in [3.05, 3.63) is 35.5 Å². The van der Waals surface area contributed by atoms with Crippen molar-refractivity contribution >= 4 is 12.0 Å². The number of likely N-dealkylation sites (N-methyl/N-ethyl adjacent to an activating group) is 1. The van der Waals surface area contributed by atoms with Crippen molar-refractivity contribution in [3.8, 4) is 5.75 Å². The van der Waals surface area contributed by atoms with Gasteiger partial charge in [-0.25, -0.2) is 4.79 Å². The maximum atomic E-state index is 12.1. The summed E-state index contributed by atoms with van der Waals surface area (Å²) in [6.45, 7) is 7.72. The van der Waals surface area contributed by atoms with Gasteiger partial charge in [0.15, 0.2) is 0 Å². The van der Waals surface area contributed by atoms with Crippen molar-refractivity contribution in [2.45, 2.75) is 20.8 Å². The topological polar surface area (TPSA) is 38.8 Å². The monoisotopic (exact) mass is 277 g/mol. The highest BCUT2D eigenvalue weighted by Gasteiger charge is 2.16. The molecule has 1 aromatic rings. The predicted molar refractivity (Wildman–Crippen MR) is 80.5 cm³/mol. The van der Waals surface area contributed by atoms with E-state index < -0.39 is 0 Å². The van der Waals surface area contributed by atoms with E-state index in [1.807, 2.05) is 56.0 Å². The van der Waals surface area contributed by atoms with Gasteiger partial charge in [-0.1, -0.05) is 12.1 Å².